The summed E-state index contributed by atoms with van der Waals surface area (Å²) < 4.78 is 61.7. The van der Waals surface area contributed by atoms with E-state index in [1.807, 2.05) is 12.1 Å². The number of quaternary nitrogens is 2. The Labute approximate surface area is 214 Å². The fourth-order valence-corrected chi connectivity index (χ4v) is 3.64. The van der Waals surface area contributed by atoms with Gasteiger partial charge in [-0.1, -0.05) is 36.4 Å². The van der Waals surface area contributed by atoms with Crippen molar-refractivity contribution in [1.29, 1.82) is 0 Å². The van der Waals surface area contributed by atoms with Gasteiger partial charge < -0.3 is 36.3 Å². The number of benzene rings is 4. The zero-order valence-electron chi connectivity index (χ0n) is 19.3. The molecule has 0 fully saturated rings. The van der Waals surface area contributed by atoms with Gasteiger partial charge in [0.05, 0.1) is 9.79 Å². The van der Waals surface area contributed by atoms with E-state index in [0.29, 0.717) is 11.4 Å². The second-order valence-electron chi connectivity index (χ2n) is 7.22. The minimum atomic E-state index is -4.25. The molecule has 37 heavy (non-hydrogen) atoms. The molecule has 0 unspecified atom stereocenters. The molecule has 0 saturated carbocycles. The normalized spacial score (nSPS) is 10.6. The summed E-state index contributed by atoms with van der Waals surface area (Å²) in [6.07, 6.45) is 0. The van der Waals surface area contributed by atoms with Gasteiger partial charge >= 0.3 is 0 Å². The molecule has 198 valence electrons. The Morgan fingerprint density at radius 3 is 1.05 bits per heavy atom. The second-order valence-corrected chi connectivity index (χ2v) is 9.98. The van der Waals surface area contributed by atoms with E-state index in [-0.39, 0.29) is 26.8 Å². The van der Waals surface area contributed by atoms with Gasteiger partial charge in [-0.2, -0.15) is 0 Å². The Morgan fingerprint density at radius 2 is 0.838 bits per heavy atom. The van der Waals surface area contributed by atoms with Crippen LogP contribution in [0.2, 0.25) is 0 Å². The highest BCUT2D eigenvalue weighted by molar-refractivity contribution is 7.86. The lowest BCUT2D eigenvalue weighted by molar-refractivity contribution is -0.257. The summed E-state index contributed by atoms with van der Waals surface area (Å²) in [6.45, 7) is 0. The molecule has 0 aliphatic rings. The van der Waals surface area contributed by atoms with E-state index in [9.17, 15) is 36.2 Å². The molecule has 0 atom stereocenters. The summed E-state index contributed by atoms with van der Waals surface area (Å²) in [5, 5.41) is 19.1. The van der Waals surface area contributed by atoms with Crippen molar-refractivity contribution in [3.8, 4) is 22.6 Å². The molecule has 0 heterocycles. The van der Waals surface area contributed by atoms with E-state index >= 15 is 0 Å². The number of phenols is 2. The molecule has 0 aliphatic heterocycles. The van der Waals surface area contributed by atoms with Crippen molar-refractivity contribution in [1.82, 2.24) is 0 Å². The van der Waals surface area contributed by atoms with Gasteiger partial charge in [-0.3, -0.25) is 0 Å². The highest BCUT2D eigenvalue weighted by atomic mass is 32.2. The Morgan fingerprint density at radius 1 is 0.541 bits per heavy atom. The van der Waals surface area contributed by atoms with Crippen LogP contribution in [0.1, 0.15) is 0 Å². The molecule has 13 heteroatoms. The maximum Gasteiger partial charge on any atom is 0.177 e. The van der Waals surface area contributed by atoms with Crippen molar-refractivity contribution < 1.29 is 53.1 Å². The van der Waals surface area contributed by atoms with Crippen LogP contribution in [-0.4, -0.2) is 41.6 Å². The summed E-state index contributed by atoms with van der Waals surface area (Å²) >= 11 is 0. The van der Waals surface area contributed by atoms with E-state index < -0.39 is 20.2 Å². The molecule has 0 amide bonds. The Balaban J connectivity index is 0.000000287. The zero-order valence-corrected chi connectivity index (χ0v) is 20.9. The van der Waals surface area contributed by atoms with Gasteiger partial charge in [0.1, 0.15) is 20.2 Å². The summed E-state index contributed by atoms with van der Waals surface area (Å²) in [4.78, 5) is -0.370. The molecule has 0 aliphatic carbocycles. The third-order valence-corrected chi connectivity index (χ3v) is 6.27. The van der Waals surface area contributed by atoms with Crippen LogP contribution in [0.25, 0.3) is 11.1 Å². The molecule has 10 N–H and O–H groups in total. The summed E-state index contributed by atoms with van der Waals surface area (Å²) in [7, 11) is -8.51. The third kappa shape index (κ3) is 9.98. The maximum atomic E-state index is 10.3. The van der Waals surface area contributed by atoms with Crippen LogP contribution in [0.15, 0.2) is 107 Å². The zero-order chi connectivity index (χ0) is 26.9. The van der Waals surface area contributed by atoms with Crippen LogP contribution in [0.3, 0.4) is 0 Å². The molecule has 0 bridgehead atoms. The minimum Gasteiger partial charge on any atom is -0.744 e. The molecule has 11 nitrogen and oxygen atoms in total. The first-order valence-electron chi connectivity index (χ1n) is 10.1. The van der Waals surface area contributed by atoms with Gasteiger partial charge in [0, 0.05) is 12.1 Å². The van der Waals surface area contributed by atoms with Gasteiger partial charge in [0.15, 0.2) is 22.9 Å². The van der Waals surface area contributed by atoms with Gasteiger partial charge in [0.25, 0.3) is 0 Å². The predicted molar refractivity (Wildman–Crippen MR) is 133 cm³/mol. The lowest BCUT2D eigenvalue weighted by atomic mass is 10.0. The van der Waals surface area contributed by atoms with Crippen molar-refractivity contribution in [3.63, 3.8) is 0 Å². The fourth-order valence-electron chi connectivity index (χ4n) is 2.66. The summed E-state index contributed by atoms with van der Waals surface area (Å²) in [5.41, 5.74) is 10.2. The van der Waals surface area contributed by atoms with Gasteiger partial charge in [0.2, 0.25) is 0 Å². The smallest absolute Gasteiger partial charge is 0.177 e. The van der Waals surface area contributed by atoms with Crippen LogP contribution < -0.4 is 11.5 Å². The topological polar surface area (TPSA) is 242 Å². The van der Waals surface area contributed by atoms with Crippen LogP contribution in [0.5, 0.6) is 11.5 Å². The molecule has 0 radical (unpaired) electrons. The van der Waals surface area contributed by atoms with Crippen molar-refractivity contribution in [2.75, 3.05) is 0 Å². The van der Waals surface area contributed by atoms with Crippen LogP contribution in [0, 0.1) is 0 Å². The highest BCUT2D eigenvalue weighted by Crippen LogP contribution is 2.30. The molecule has 4 aromatic rings. The molecule has 0 spiro atoms. The first kappa shape index (κ1) is 31.2. The first-order valence-corrected chi connectivity index (χ1v) is 12.9. The number of hydrogen-bond donors (Lipinski definition) is 4. The lowest BCUT2D eigenvalue weighted by Gasteiger charge is -2.04. The Hall–Kier alpha value is -3.82. The van der Waals surface area contributed by atoms with E-state index in [1.165, 1.54) is 48.5 Å². The summed E-state index contributed by atoms with van der Waals surface area (Å²) in [6, 6.07) is 24.8. The SMILES string of the molecule is O.O=S(=O)([O-])c1ccccc1.O=S(=O)([O-])c1ccccc1.[NH3+]c1ccc(-c2ccc([NH3+])c(O)c2)cc1O. The second kappa shape index (κ2) is 13.5. The fraction of sp³-hybridized carbons (Fsp3) is 0. The molecular weight excluding hydrogens is 524 g/mol. The summed E-state index contributed by atoms with van der Waals surface area (Å²) in [5.74, 6) is 0.298. The average Bonchev–Trinajstić information content (AvgIpc) is 2.83. The van der Waals surface area contributed by atoms with Gasteiger partial charge in [-0.25, -0.2) is 16.8 Å². The van der Waals surface area contributed by atoms with Crippen molar-refractivity contribution in [2.24, 2.45) is 0 Å². The van der Waals surface area contributed by atoms with Crippen molar-refractivity contribution in [3.05, 3.63) is 97.1 Å². The van der Waals surface area contributed by atoms with Crippen LogP contribution in [-0.2, 0) is 20.2 Å². The molecule has 0 saturated heterocycles. The monoisotopic (exact) mass is 550 g/mol. The predicted octanol–water partition coefficient (Wildman–Crippen LogP) is 0.868. The van der Waals surface area contributed by atoms with Crippen molar-refractivity contribution in [2.45, 2.75) is 9.79 Å². The molecule has 4 rings (SSSR count). The molecule has 0 aromatic heterocycles. The van der Waals surface area contributed by atoms with E-state index in [2.05, 4.69) is 11.5 Å². The lowest BCUT2D eigenvalue weighted by Crippen LogP contribution is -2.40. The number of hydrogen-bond acceptors (Lipinski definition) is 8. The first-order chi connectivity index (χ1) is 16.8. The largest absolute Gasteiger partial charge is 0.744 e. The highest BCUT2D eigenvalue weighted by Gasteiger charge is 2.07. The van der Waals surface area contributed by atoms with Crippen LogP contribution >= 0.6 is 0 Å². The number of aromatic hydroxyl groups is 2. The average molecular weight is 551 g/mol. The van der Waals surface area contributed by atoms with Gasteiger partial charge in [-0.15, -0.1) is 0 Å². The van der Waals surface area contributed by atoms with E-state index in [4.69, 9.17) is 0 Å². The van der Waals surface area contributed by atoms with Gasteiger partial charge in [-0.05, 0) is 59.7 Å². The minimum absolute atomic E-state index is 0. The molecular formula is C24H26N2O9S2. The third-order valence-electron chi connectivity index (χ3n) is 4.57. The quantitative estimate of drug-likeness (QED) is 0.266. The standard InChI is InChI=1S/C12H12N2O2.2C6H6O3S.H2O/c13-9-3-1-7(5-11(9)15)8-2-4-10(14)12(16)6-8;2*7-10(8,9)6-4-2-1-3-5-6;/h1-6,15-16H,13-14H2;2*1-5H,(H,7,8,9);1H2. The Kier molecular flexibility index (Phi) is 11.4. The molecule has 4 aromatic carbocycles. The van der Waals surface area contributed by atoms with E-state index in [0.717, 1.165) is 11.1 Å². The van der Waals surface area contributed by atoms with E-state index in [1.54, 1.807) is 36.4 Å². The number of phenolic OH excluding ortho intramolecular Hbond substituents is 2. The van der Waals surface area contributed by atoms with Crippen LogP contribution in [0.4, 0.5) is 11.4 Å². The Bertz CT molecular complexity index is 1400. The number of rotatable bonds is 3. The maximum absolute atomic E-state index is 10.3. The van der Waals surface area contributed by atoms with Crippen molar-refractivity contribution >= 4 is 31.6 Å².